The van der Waals surface area contributed by atoms with E-state index in [1.807, 2.05) is 36.4 Å². The second-order valence-corrected chi connectivity index (χ2v) is 3.80. The molecule has 0 radical (unpaired) electrons. The molecule has 1 atom stereocenters. The maximum atomic E-state index is 11.6. The van der Waals surface area contributed by atoms with Gasteiger partial charge in [-0.2, -0.15) is 0 Å². The minimum atomic E-state index is -0.216. The second kappa shape index (κ2) is 6.08. The molecule has 0 saturated heterocycles. The Morgan fingerprint density at radius 2 is 2.06 bits per heavy atom. The van der Waals surface area contributed by atoms with Gasteiger partial charge >= 0.3 is 0 Å². The molecule has 3 heteroatoms. The maximum Gasteiger partial charge on any atom is 0.247 e. The lowest BCUT2D eigenvalue weighted by atomic mass is 10.1. The molecule has 1 rings (SSSR count). The van der Waals surface area contributed by atoms with Crippen molar-refractivity contribution >= 4 is 12.0 Å². The first kappa shape index (κ1) is 12.5. The zero-order valence-corrected chi connectivity index (χ0v) is 9.60. The van der Waals surface area contributed by atoms with Gasteiger partial charge in [-0.05, 0) is 25.5 Å². The number of benzene rings is 1. The first-order chi connectivity index (χ1) is 7.63. The van der Waals surface area contributed by atoms with Crippen molar-refractivity contribution in [3.63, 3.8) is 0 Å². The van der Waals surface area contributed by atoms with E-state index < -0.39 is 0 Å². The Hall–Kier alpha value is -1.61. The number of hydrogen-bond donors (Lipinski definition) is 2. The van der Waals surface area contributed by atoms with Crippen molar-refractivity contribution in [3.8, 4) is 0 Å². The highest BCUT2D eigenvalue weighted by Crippen LogP contribution is 2.06. The topological polar surface area (TPSA) is 49.3 Å². The summed E-state index contributed by atoms with van der Waals surface area (Å²) in [5.74, 6) is -0.148. The molecule has 1 aromatic rings. The number of carbonyl (C=O) groups excluding carboxylic acids is 1. The van der Waals surface area contributed by atoms with Crippen LogP contribution < -0.4 is 5.32 Å². The molecule has 0 fully saturated rings. The minimum absolute atomic E-state index is 0.0512. The zero-order chi connectivity index (χ0) is 12.0. The maximum absolute atomic E-state index is 11.6. The number of rotatable bonds is 4. The summed E-state index contributed by atoms with van der Waals surface area (Å²) in [4.78, 5) is 11.6. The van der Waals surface area contributed by atoms with Crippen LogP contribution in [0.25, 0.3) is 6.08 Å². The average Bonchev–Trinajstić information content (AvgIpc) is 2.30. The number of aliphatic hydroxyl groups is 1. The third kappa shape index (κ3) is 3.87. The lowest BCUT2D eigenvalue weighted by Gasteiger charge is -2.10. The first-order valence-corrected chi connectivity index (χ1v) is 5.28. The van der Waals surface area contributed by atoms with E-state index in [2.05, 4.69) is 5.32 Å². The van der Waals surface area contributed by atoms with Crippen LogP contribution in [0.2, 0.25) is 0 Å². The van der Waals surface area contributed by atoms with Gasteiger partial charge in [0.25, 0.3) is 0 Å². The van der Waals surface area contributed by atoms with Crippen LogP contribution in [0.15, 0.2) is 35.9 Å². The highest BCUT2D eigenvalue weighted by molar-refractivity contribution is 5.97. The van der Waals surface area contributed by atoms with Gasteiger partial charge in [-0.15, -0.1) is 0 Å². The van der Waals surface area contributed by atoms with Crippen molar-refractivity contribution in [2.45, 2.75) is 19.9 Å². The van der Waals surface area contributed by atoms with Gasteiger partial charge in [0.1, 0.15) is 0 Å². The fourth-order valence-corrected chi connectivity index (χ4v) is 1.25. The molecule has 0 bridgehead atoms. The minimum Gasteiger partial charge on any atom is -0.394 e. The van der Waals surface area contributed by atoms with Gasteiger partial charge in [0.2, 0.25) is 5.91 Å². The van der Waals surface area contributed by atoms with E-state index in [9.17, 15) is 4.79 Å². The number of hydrogen-bond acceptors (Lipinski definition) is 2. The molecule has 0 heterocycles. The van der Waals surface area contributed by atoms with Crippen molar-refractivity contribution in [2.75, 3.05) is 6.61 Å². The van der Waals surface area contributed by atoms with Gasteiger partial charge in [0.05, 0.1) is 6.61 Å². The molecule has 0 aliphatic heterocycles. The third-order valence-electron chi connectivity index (χ3n) is 2.19. The number of carbonyl (C=O) groups is 1. The van der Waals surface area contributed by atoms with Crippen molar-refractivity contribution < 1.29 is 9.90 Å². The molecule has 1 aromatic carbocycles. The van der Waals surface area contributed by atoms with Crippen LogP contribution >= 0.6 is 0 Å². The van der Waals surface area contributed by atoms with Gasteiger partial charge < -0.3 is 10.4 Å². The fourth-order valence-electron chi connectivity index (χ4n) is 1.25. The van der Waals surface area contributed by atoms with Crippen molar-refractivity contribution in [3.05, 3.63) is 41.5 Å². The average molecular weight is 219 g/mol. The Balaban J connectivity index is 2.67. The lowest BCUT2D eigenvalue weighted by molar-refractivity contribution is -0.118. The van der Waals surface area contributed by atoms with Gasteiger partial charge in [-0.25, -0.2) is 0 Å². The first-order valence-electron chi connectivity index (χ1n) is 5.28. The van der Waals surface area contributed by atoms with Crippen LogP contribution in [0.4, 0.5) is 0 Å². The van der Waals surface area contributed by atoms with E-state index in [0.717, 1.165) is 5.56 Å². The van der Waals surface area contributed by atoms with Crippen LogP contribution in [0.3, 0.4) is 0 Å². The summed E-state index contributed by atoms with van der Waals surface area (Å²) in [6, 6.07) is 9.44. The molecular weight excluding hydrogens is 202 g/mol. The Kier molecular flexibility index (Phi) is 4.73. The van der Waals surface area contributed by atoms with Crippen LogP contribution in [0.1, 0.15) is 19.4 Å². The Morgan fingerprint density at radius 1 is 1.44 bits per heavy atom. The molecule has 1 amide bonds. The summed E-state index contributed by atoms with van der Waals surface area (Å²) in [6.07, 6.45) is 1.82. The Bertz CT molecular complexity index is 371. The number of nitrogens with one attached hydrogen (secondary N) is 1. The van der Waals surface area contributed by atoms with E-state index >= 15 is 0 Å². The van der Waals surface area contributed by atoms with E-state index in [4.69, 9.17) is 5.11 Å². The van der Waals surface area contributed by atoms with E-state index in [1.54, 1.807) is 13.8 Å². The van der Waals surface area contributed by atoms with Crippen LogP contribution in [0, 0.1) is 0 Å². The molecule has 2 N–H and O–H groups in total. The molecule has 0 saturated carbocycles. The normalized spacial score (nSPS) is 13.3. The monoisotopic (exact) mass is 219 g/mol. The van der Waals surface area contributed by atoms with Crippen molar-refractivity contribution in [1.82, 2.24) is 5.32 Å². The lowest BCUT2D eigenvalue weighted by Crippen LogP contribution is -2.35. The quantitative estimate of drug-likeness (QED) is 0.755. The molecule has 0 spiro atoms. The summed E-state index contributed by atoms with van der Waals surface area (Å²) in [7, 11) is 0. The summed E-state index contributed by atoms with van der Waals surface area (Å²) < 4.78 is 0. The SMILES string of the molecule is C/C(=C\c1ccccc1)C(=O)N[C@@H](C)CO. The number of amides is 1. The predicted molar refractivity (Wildman–Crippen MR) is 64.8 cm³/mol. The van der Waals surface area contributed by atoms with E-state index in [0.29, 0.717) is 5.57 Å². The second-order valence-electron chi connectivity index (χ2n) is 3.80. The third-order valence-corrected chi connectivity index (χ3v) is 2.19. The van der Waals surface area contributed by atoms with Gasteiger partial charge in [0, 0.05) is 11.6 Å². The number of aliphatic hydroxyl groups excluding tert-OH is 1. The Labute approximate surface area is 95.8 Å². The highest BCUT2D eigenvalue weighted by Gasteiger charge is 2.07. The molecule has 16 heavy (non-hydrogen) atoms. The van der Waals surface area contributed by atoms with Gasteiger partial charge in [0.15, 0.2) is 0 Å². The predicted octanol–water partition coefficient (Wildman–Crippen LogP) is 1.59. The standard InChI is InChI=1S/C13H17NO2/c1-10(13(16)14-11(2)9-15)8-12-6-4-3-5-7-12/h3-8,11,15H,9H2,1-2H3,(H,14,16)/b10-8+/t11-/m0/s1. The molecular formula is C13H17NO2. The molecule has 0 aliphatic rings. The molecule has 0 aliphatic carbocycles. The summed E-state index contributed by atoms with van der Waals surface area (Å²) in [5.41, 5.74) is 1.62. The van der Waals surface area contributed by atoms with Gasteiger partial charge in [-0.1, -0.05) is 30.3 Å². The van der Waals surface area contributed by atoms with Crippen LogP contribution in [-0.4, -0.2) is 23.7 Å². The zero-order valence-electron chi connectivity index (χ0n) is 9.60. The smallest absolute Gasteiger partial charge is 0.247 e. The summed E-state index contributed by atoms with van der Waals surface area (Å²) >= 11 is 0. The van der Waals surface area contributed by atoms with Gasteiger partial charge in [-0.3, -0.25) is 4.79 Å². The van der Waals surface area contributed by atoms with Crippen molar-refractivity contribution in [2.24, 2.45) is 0 Å². The summed E-state index contributed by atoms with van der Waals surface area (Å²) in [6.45, 7) is 3.46. The van der Waals surface area contributed by atoms with E-state index in [-0.39, 0.29) is 18.6 Å². The largest absolute Gasteiger partial charge is 0.394 e. The van der Waals surface area contributed by atoms with Crippen LogP contribution in [0.5, 0.6) is 0 Å². The molecule has 0 unspecified atom stereocenters. The highest BCUT2D eigenvalue weighted by atomic mass is 16.3. The van der Waals surface area contributed by atoms with Crippen molar-refractivity contribution in [1.29, 1.82) is 0 Å². The van der Waals surface area contributed by atoms with E-state index in [1.165, 1.54) is 0 Å². The Morgan fingerprint density at radius 3 is 2.62 bits per heavy atom. The fraction of sp³-hybridized carbons (Fsp3) is 0.308. The molecule has 3 nitrogen and oxygen atoms in total. The van der Waals surface area contributed by atoms with Crippen LogP contribution in [-0.2, 0) is 4.79 Å². The summed E-state index contributed by atoms with van der Waals surface area (Å²) in [5, 5.41) is 11.5. The molecule has 0 aromatic heterocycles. The molecule has 86 valence electrons.